The van der Waals surface area contributed by atoms with Crippen molar-refractivity contribution >= 4 is 29.3 Å². The lowest BCUT2D eigenvalue weighted by Crippen LogP contribution is -2.14. The molecule has 90 valence electrons. The highest BCUT2D eigenvalue weighted by Gasteiger charge is 1.91. The van der Waals surface area contributed by atoms with E-state index in [2.05, 4.69) is 0 Å². The number of halogens is 1. The third-order valence-corrected chi connectivity index (χ3v) is 2.98. The fourth-order valence-corrected chi connectivity index (χ4v) is 1.84. The van der Waals surface area contributed by atoms with Gasteiger partial charge in [-0.3, -0.25) is 10.0 Å². The van der Waals surface area contributed by atoms with E-state index in [9.17, 15) is 4.79 Å². The largest absolute Gasteiger partial charge is 0.288 e. The standard InChI is InChI=1S/C12H12ClNO2S/c13-10-5-7-11(8-6-10)17-9-3-1-2-4-12(15)14-16/h1-8,16H,9H2,(H,14,15). The molecule has 1 aromatic rings. The molecular formula is C12H12ClNO2S. The first-order valence-electron chi connectivity index (χ1n) is 4.88. The first-order chi connectivity index (χ1) is 8.22. The highest BCUT2D eigenvalue weighted by Crippen LogP contribution is 2.20. The number of nitrogens with one attached hydrogen (secondary N) is 1. The predicted molar refractivity (Wildman–Crippen MR) is 70.4 cm³/mol. The molecule has 1 amide bonds. The van der Waals surface area contributed by atoms with Gasteiger partial charge in [0.25, 0.3) is 5.91 Å². The van der Waals surface area contributed by atoms with Crippen LogP contribution in [0.15, 0.2) is 53.5 Å². The number of hydroxylamine groups is 1. The van der Waals surface area contributed by atoms with Crippen LogP contribution in [0.2, 0.25) is 5.02 Å². The summed E-state index contributed by atoms with van der Waals surface area (Å²) < 4.78 is 0. The minimum absolute atomic E-state index is 0.542. The van der Waals surface area contributed by atoms with E-state index < -0.39 is 5.91 Å². The lowest BCUT2D eigenvalue weighted by atomic mass is 10.4. The Labute approximate surface area is 109 Å². The summed E-state index contributed by atoms with van der Waals surface area (Å²) in [4.78, 5) is 11.7. The van der Waals surface area contributed by atoms with Crippen LogP contribution in [0.1, 0.15) is 0 Å². The van der Waals surface area contributed by atoms with Gasteiger partial charge in [0.2, 0.25) is 0 Å². The van der Waals surface area contributed by atoms with Crippen LogP contribution in [-0.2, 0) is 4.79 Å². The van der Waals surface area contributed by atoms with Crippen molar-refractivity contribution in [3.63, 3.8) is 0 Å². The molecule has 0 radical (unpaired) electrons. The molecule has 0 aromatic heterocycles. The molecule has 0 heterocycles. The molecule has 0 atom stereocenters. The number of carbonyl (C=O) groups is 1. The van der Waals surface area contributed by atoms with Crippen LogP contribution in [0.4, 0.5) is 0 Å². The quantitative estimate of drug-likeness (QED) is 0.284. The number of allylic oxidation sites excluding steroid dienone is 2. The van der Waals surface area contributed by atoms with Gasteiger partial charge in [0.05, 0.1) is 0 Å². The molecule has 3 nitrogen and oxygen atoms in total. The van der Waals surface area contributed by atoms with Crippen LogP contribution in [0.5, 0.6) is 0 Å². The molecule has 0 aliphatic carbocycles. The molecule has 17 heavy (non-hydrogen) atoms. The van der Waals surface area contributed by atoms with Gasteiger partial charge in [-0.15, -0.1) is 11.8 Å². The van der Waals surface area contributed by atoms with Gasteiger partial charge in [-0.2, -0.15) is 0 Å². The maximum Gasteiger partial charge on any atom is 0.267 e. The summed E-state index contributed by atoms with van der Waals surface area (Å²) in [6.45, 7) is 0. The van der Waals surface area contributed by atoms with E-state index in [0.717, 1.165) is 15.7 Å². The Hall–Kier alpha value is -1.23. The molecule has 1 rings (SSSR count). The molecule has 0 unspecified atom stereocenters. The number of carbonyl (C=O) groups excluding carboxylic acids is 1. The Morgan fingerprint density at radius 3 is 2.71 bits per heavy atom. The summed E-state index contributed by atoms with van der Waals surface area (Å²) in [5.41, 5.74) is 1.51. The Kier molecular flexibility index (Phi) is 6.47. The number of thioether (sulfide) groups is 1. The fourth-order valence-electron chi connectivity index (χ4n) is 0.990. The van der Waals surface area contributed by atoms with Gasteiger partial charge in [0, 0.05) is 21.7 Å². The highest BCUT2D eigenvalue weighted by atomic mass is 35.5. The molecular weight excluding hydrogens is 258 g/mol. The number of amides is 1. The van der Waals surface area contributed by atoms with Gasteiger partial charge in [-0.05, 0) is 24.3 Å². The van der Waals surface area contributed by atoms with Gasteiger partial charge in [-0.1, -0.05) is 29.8 Å². The number of hydrogen-bond donors (Lipinski definition) is 2. The van der Waals surface area contributed by atoms with E-state index in [1.54, 1.807) is 23.9 Å². The second kappa shape index (κ2) is 7.95. The smallest absolute Gasteiger partial charge is 0.267 e. The minimum atomic E-state index is -0.542. The molecule has 0 aliphatic rings. The number of rotatable bonds is 5. The van der Waals surface area contributed by atoms with Crippen molar-refractivity contribution in [1.29, 1.82) is 0 Å². The normalized spacial score (nSPS) is 11.2. The van der Waals surface area contributed by atoms with Crippen molar-refractivity contribution in [2.45, 2.75) is 4.90 Å². The maximum atomic E-state index is 10.6. The molecule has 1 aromatic carbocycles. The zero-order chi connectivity index (χ0) is 12.5. The second-order valence-corrected chi connectivity index (χ2v) is 4.56. The van der Waals surface area contributed by atoms with Crippen molar-refractivity contribution in [3.8, 4) is 0 Å². The monoisotopic (exact) mass is 269 g/mol. The summed E-state index contributed by atoms with van der Waals surface area (Å²) in [6, 6.07) is 7.60. The van der Waals surface area contributed by atoms with Crippen molar-refractivity contribution < 1.29 is 10.0 Å². The molecule has 0 bridgehead atoms. The lowest BCUT2D eigenvalue weighted by molar-refractivity contribution is -0.124. The van der Waals surface area contributed by atoms with Gasteiger partial charge in [0.1, 0.15) is 0 Å². The minimum Gasteiger partial charge on any atom is -0.288 e. The first kappa shape index (κ1) is 13.8. The van der Waals surface area contributed by atoms with Crippen LogP contribution in [-0.4, -0.2) is 16.9 Å². The molecule has 5 heteroatoms. The third kappa shape index (κ3) is 6.16. The summed E-state index contributed by atoms with van der Waals surface area (Å²) in [6.07, 6.45) is 6.47. The Bertz CT molecular complexity index is 415. The third-order valence-electron chi connectivity index (χ3n) is 1.76. The van der Waals surface area contributed by atoms with Crippen LogP contribution < -0.4 is 5.48 Å². The average molecular weight is 270 g/mol. The van der Waals surface area contributed by atoms with Gasteiger partial charge in [0.15, 0.2) is 0 Å². The SMILES string of the molecule is O=C(C=CC=CCSc1ccc(Cl)cc1)NO. The van der Waals surface area contributed by atoms with Gasteiger partial charge >= 0.3 is 0 Å². The zero-order valence-electron chi connectivity index (χ0n) is 8.97. The molecule has 0 fully saturated rings. The molecule has 0 saturated heterocycles. The Morgan fingerprint density at radius 2 is 2.06 bits per heavy atom. The van der Waals surface area contributed by atoms with Gasteiger partial charge in [-0.25, -0.2) is 5.48 Å². The lowest BCUT2D eigenvalue weighted by Gasteiger charge is -1.97. The van der Waals surface area contributed by atoms with E-state index in [1.165, 1.54) is 11.6 Å². The number of hydrogen-bond acceptors (Lipinski definition) is 3. The van der Waals surface area contributed by atoms with Gasteiger partial charge < -0.3 is 0 Å². The van der Waals surface area contributed by atoms with Crippen molar-refractivity contribution in [3.05, 3.63) is 53.6 Å². The number of benzene rings is 1. The van der Waals surface area contributed by atoms with Crippen LogP contribution in [0, 0.1) is 0 Å². The topological polar surface area (TPSA) is 49.3 Å². The summed E-state index contributed by atoms with van der Waals surface area (Å²) >= 11 is 7.43. The van der Waals surface area contributed by atoms with Crippen molar-refractivity contribution in [1.82, 2.24) is 5.48 Å². The highest BCUT2D eigenvalue weighted by molar-refractivity contribution is 7.99. The van der Waals surface area contributed by atoms with E-state index in [1.807, 2.05) is 30.3 Å². The molecule has 0 spiro atoms. The van der Waals surface area contributed by atoms with Crippen molar-refractivity contribution in [2.24, 2.45) is 0 Å². The maximum absolute atomic E-state index is 10.6. The second-order valence-electron chi connectivity index (χ2n) is 3.03. The van der Waals surface area contributed by atoms with Crippen LogP contribution in [0.25, 0.3) is 0 Å². The summed E-state index contributed by atoms with van der Waals surface area (Å²) in [5, 5.41) is 8.94. The zero-order valence-corrected chi connectivity index (χ0v) is 10.5. The predicted octanol–water partition coefficient (Wildman–Crippen LogP) is 3.05. The average Bonchev–Trinajstić information content (AvgIpc) is 2.35. The fraction of sp³-hybridized carbons (Fsp3) is 0.0833. The van der Waals surface area contributed by atoms with Crippen molar-refractivity contribution in [2.75, 3.05) is 5.75 Å². The Morgan fingerprint density at radius 1 is 1.35 bits per heavy atom. The van der Waals surface area contributed by atoms with E-state index in [4.69, 9.17) is 16.8 Å². The molecule has 2 N–H and O–H groups in total. The van der Waals surface area contributed by atoms with Crippen LogP contribution in [0.3, 0.4) is 0 Å². The molecule has 0 aliphatic heterocycles. The van der Waals surface area contributed by atoms with Crippen LogP contribution >= 0.6 is 23.4 Å². The Balaban J connectivity index is 2.28. The van der Waals surface area contributed by atoms with E-state index in [-0.39, 0.29) is 0 Å². The first-order valence-corrected chi connectivity index (χ1v) is 6.24. The van der Waals surface area contributed by atoms with E-state index in [0.29, 0.717) is 0 Å². The van der Waals surface area contributed by atoms with E-state index >= 15 is 0 Å². The summed E-state index contributed by atoms with van der Waals surface area (Å²) in [7, 11) is 0. The summed E-state index contributed by atoms with van der Waals surface area (Å²) in [5.74, 6) is 0.257. The molecule has 0 saturated carbocycles.